The smallest absolute Gasteiger partial charge is 0.0643 e. The van der Waals surface area contributed by atoms with Gasteiger partial charge in [0.25, 0.3) is 0 Å². The van der Waals surface area contributed by atoms with Gasteiger partial charge in [-0.05, 0) is 24.0 Å². The molecule has 0 bridgehead atoms. The lowest BCUT2D eigenvalue weighted by molar-refractivity contribution is -0.306. The summed E-state index contributed by atoms with van der Waals surface area (Å²) in [5.41, 5.74) is 0.858. The number of carbonyl (C=O) groups is 2. The Morgan fingerprint density at radius 3 is 2.06 bits per heavy atom. The highest BCUT2D eigenvalue weighted by atomic mass is 16.4. The number of rotatable bonds is 4. The molecule has 0 fully saturated rings. The van der Waals surface area contributed by atoms with Gasteiger partial charge < -0.3 is 19.8 Å². The molecular weight excluding hydrogens is 232 g/mol. The maximum atomic E-state index is 9.97. The highest BCUT2D eigenvalue weighted by Crippen LogP contribution is 1.99. The van der Waals surface area contributed by atoms with Crippen molar-refractivity contribution < 1.29 is 19.8 Å². The van der Waals surface area contributed by atoms with Crippen LogP contribution in [0, 0.1) is 5.92 Å². The maximum absolute atomic E-state index is 9.97. The summed E-state index contributed by atoms with van der Waals surface area (Å²) < 4.78 is 0. The molecule has 0 aromatic heterocycles. The molecular formula is C14H16O4-2. The van der Waals surface area contributed by atoms with Gasteiger partial charge in [0.05, 0.1) is 5.97 Å². The average molecular weight is 248 g/mol. The van der Waals surface area contributed by atoms with E-state index in [-0.39, 0.29) is 12.3 Å². The van der Waals surface area contributed by atoms with Gasteiger partial charge in [0.15, 0.2) is 0 Å². The average Bonchev–Trinajstić information content (AvgIpc) is 2.26. The van der Waals surface area contributed by atoms with E-state index in [9.17, 15) is 19.8 Å². The maximum Gasteiger partial charge on any atom is 0.0643 e. The van der Waals surface area contributed by atoms with Crippen molar-refractivity contribution in [3.05, 3.63) is 42.0 Å². The molecule has 1 aromatic carbocycles. The van der Waals surface area contributed by atoms with Crippen molar-refractivity contribution in [2.75, 3.05) is 0 Å². The number of carboxylic acid groups (broad SMARTS) is 2. The standard InChI is InChI=1S/C9H8O2.C5H10O2/c10-9(11)7-6-8-4-2-1-3-5-8;1-4(2)3-5(6)7/h1-7H,(H,10,11);4H,3H2,1-2H3,(H,6,7)/p-2/b7-6+;. The number of aliphatic carboxylic acids is 2. The first-order valence-electron chi connectivity index (χ1n) is 5.55. The number of hydrogen-bond acceptors (Lipinski definition) is 4. The molecule has 0 saturated carbocycles. The molecule has 0 aliphatic heterocycles. The monoisotopic (exact) mass is 248 g/mol. The molecule has 1 aromatic rings. The van der Waals surface area contributed by atoms with Crippen molar-refractivity contribution in [2.24, 2.45) is 5.92 Å². The minimum atomic E-state index is -1.17. The highest BCUT2D eigenvalue weighted by Gasteiger charge is 1.90. The molecule has 4 nitrogen and oxygen atoms in total. The summed E-state index contributed by atoms with van der Waals surface area (Å²) in [7, 11) is 0. The van der Waals surface area contributed by atoms with E-state index < -0.39 is 11.9 Å². The molecule has 98 valence electrons. The molecule has 0 radical (unpaired) electrons. The number of carbonyl (C=O) groups excluding carboxylic acids is 2. The Kier molecular flexibility index (Phi) is 7.94. The summed E-state index contributed by atoms with van der Waals surface area (Å²) in [6, 6.07) is 9.19. The van der Waals surface area contributed by atoms with Crippen LogP contribution in [-0.2, 0) is 9.59 Å². The van der Waals surface area contributed by atoms with Gasteiger partial charge in [-0.1, -0.05) is 50.3 Å². The molecule has 1 rings (SSSR count). The fourth-order valence-electron chi connectivity index (χ4n) is 1.06. The van der Waals surface area contributed by atoms with Crippen LogP contribution in [0.4, 0.5) is 0 Å². The van der Waals surface area contributed by atoms with Gasteiger partial charge in [-0.15, -0.1) is 0 Å². The topological polar surface area (TPSA) is 80.3 Å². The molecule has 0 aliphatic carbocycles. The van der Waals surface area contributed by atoms with Crippen LogP contribution in [0.2, 0.25) is 0 Å². The van der Waals surface area contributed by atoms with Crippen LogP contribution >= 0.6 is 0 Å². The van der Waals surface area contributed by atoms with Crippen LogP contribution in [0.25, 0.3) is 6.08 Å². The van der Waals surface area contributed by atoms with E-state index in [0.717, 1.165) is 11.6 Å². The van der Waals surface area contributed by atoms with E-state index in [0.29, 0.717) is 0 Å². The fourth-order valence-corrected chi connectivity index (χ4v) is 1.06. The lowest BCUT2D eigenvalue weighted by Crippen LogP contribution is -2.23. The van der Waals surface area contributed by atoms with Crippen molar-refractivity contribution in [3.8, 4) is 0 Å². The van der Waals surface area contributed by atoms with Crippen molar-refractivity contribution in [1.82, 2.24) is 0 Å². The SMILES string of the molecule is CC(C)CC(=O)[O-].O=C([O-])/C=C/c1ccccc1. The second-order valence-electron chi connectivity index (χ2n) is 4.03. The summed E-state index contributed by atoms with van der Waals surface area (Å²) in [5.74, 6) is -1.92. The summed E-state index contributed by atoms with van der Waals surface area (Å²) >= 11 is 0. The molecule has 0 saturated heterocycles. The Hall–Kier alpha value is -2.10. The predicted octanol–water partition coefficient (Wildman–Crippen LogP) is 0.232. The van der Waals surface area contributed by atoms with Crippen LogP contribution in [0.3, 0.4) is 0 Å². The molecule has 0 amide bonds. The fraction of sp³-hybridized carbons (Fsp3) is 0.286. The van der Waals surface area contributed by atoms with Gasteiger partial charge >= 0.3 is 0 Å². The molecule has 0 N–H and O–H groups in total. The molecule has 0 atom stereocenters. The Labute approximate surface area is 107 Å². The van der Waals surface area contributed by atoms with E-state index >= 15 is 0 Å². The summed E-state index contributed by atoms with van der Waals surface area (Å²) in [6.07, 6.45) is 2.67. The first kappa shape index (κ1) is 15.9. The van der Waals surface area contributed by atoms with Crippen LogP contribution in [-0.4, -0.2) is 11.9 Å². The van der Waals surface area contributed by atoms with Gasteiger partial charge in [-0.2, -0.15) is 0 Å². The zero-order valence-electron chi connectivity index (χ0n) is 10.5. The second-order valence-corrected chi connectivity index (χ2v) is 4.03. The zero-order chi connectivity index (χ0) is 14.0. The molecule has 0 unspecified atom stereocenters. The lowest BCUT2D eigenvalue weighted by Gasteiger charge is -2.02. The van der Waals surface area contributed by atoms with E-state index in [1.54, 1.807) is 0 Å². The van der Waals surface area contributed by atoms with E-state index in [2.05, 4.69) is 0 Å². The number of carboxylic acids is 2. The van der Waals surface area contributed by atoms with Crippen LogP contribution in [0.1, 0.15) is 25.8 Å². The van der Waals surface area contributed by atoms with E-state index in [1.807, 2.05) is 44.2 Å². The number of hydrogen-bond donors (Lipinski definition) is 0. The van der Waals surface area contributed by atoms with Gasteiger partial charge in [-0.3, -0.25) is 0 Å². The Balaban J connectivity index is 0.000000360. The molecule has 18 heavy (non-hydrogen) atoms. The van der Waals surface area contributed by atoms with Crippen molar-refractivity contribution in [3.63, 3.8) is 0 Å². The van der Waals surface area contributed by atoms with Gasteiger partial charge in [0.2, 0.25) is 0 Å². The van der Waals surface area contributed by atoms with Crippen LogP contribution in [0.5, 0.6) is 0 Å². The number of benzene rings is 1. The predicted molar refractivity (Wildman–Crippen MR) is 64.9 cm³/mol. The molecule has 4 heteroatoms. The third kappa shape index (κ3) is 10.4. The largest absolute Gasteiger partial charge is 0.550 e. The first-order chi connectivity index (χ1) is 8.41. The van der Waals surface area contributed by atoms with Gasteiger partial charge in [0.1, 0.15) is 0 Å². The summed E-state index contributed by atoms with van der Waals surface area (Å²) in [6.45, 7) is 3.69. The molecule has 0 heterocycles. The highest BCUT2D eigenvalue weighted by molar-refractivity contribution is 5.83. The second kappa shape index (κ2) is 8.98. The van der Waals surface area contributed by atoms with Gasteiger partial charge in [-0.25, -0.2) is 0 Å². The third-order valence-corrected chi connectivity index (χ3v) is 1.79. The van der Waals surface area contributed by atoms with Crippen molar-refractivity contribution in [2.45, 2.75) is 20.3 Å². The van der Waals surface area contributed by atoms with Crippen molar-refractivity contribution in [1.29, 1.82) is 0 Å². The summed E-state index contributed by atoms with van der Waals surface area (Å²) in [4.78, 5) is 19.7. The zero-order valence-corrected chi connectivity index (χ0v) is 10.5. The molecule has 0 aliphatic rings. The summed E-state index contributed by atoms with van der Waals surface area (Å²) in [5, 5.41) is 19.7. The minimum absolute atomic E-state index is 0.167. The van der Waals surface area contributed by atoms with E-state index in [4.69, 9.17) is 0 Å². The first-order valence-corrected chi connectivity index (χ1v) is 5.55. The Morgan fingerprint density at radius 1 is 1.17 bits per heavy atom. The molecule has 0 spiro atoms. The van der Waals surface area contributed by atoms with Crippen molar-refractivity contribution >= 4 is 18.0 Å². The quantitative estimate of drug-likeness (QED) is 0.714. The Bertz CT molecular complexity index is 394. The normalized spacial score (nSPS) is 9.94. The minimum Gasteiger partial charge on any atom is -0.550 e. The Morgan fingerprint density at radius 2 is 1.72 bits per heavy atom. The van der Waals surface area contributed by atoms with Crippen LogP contribution in [0.15, 0.2) is 36.4 Å². The lowest BCUT2D eigenvalue weighted by atomic mass is 10.1. The van der Waals surface area contributed by atoms with Gasteiger partial charge in [0, 0.05) is 5.97 Å². The van der Waals surface area contributed by atoms with E-state index in [1.165, 1.54) is 6.08 Å². The van der Waals surface area contributed by atoms with Crippen LogP contribution < -0.4 is 10.2 Å². The third-order valence-electron chi connectivity index (χ3n) is 1.79.